The molecule has 1 heterocycles. The van der Waals surface area contributed by atoms with Crippen LogP contribution in [0.25, 0.3) is 0 Å². The number of hydrogen-bond acceptors (Lipinski definition) is 2. The van der Waals surface area contributed by atoms with Gasteiger partial charge in [-0.2, -0.15) is 0 Å². The summed E-state index contributed by atoms with van der Waals surface area (Å²) < 4.78 is 1.26. The lowest BCUT2D eigenvalue weighted by Crippen LogP contribution is -2.34. The van der Waals surface area contributed by atoms with E-state index < -0.39 is 0 Å². The second-order valence-electron chi connectivity index (χ2n) is 4.66. The number of amides is 1. The fourth-order valence-corrected chi connectivity index (χ4v) is 1.96. The summed E-state index contributed by atoms with van der Waals surface area (Å²) >= 11 is 0. The molecule has 0 aliphatic rings. The van der Waals surface area contributed by atoms with Crippen LogP contribution in [0.15, 0.2) is 41.2 Å². The minimum atomic E-state index is -0.294. The lowest BCUT2D eigenvalue weighted by Gasteiger charge is -2.12. The Balaban J connectivity index is 2.32. The second-order valence-corrected chi connectivity index (χ2v) is 4.66. The van der Waals surface area contributed by atoms with Crippen LogP contribution in [0.5, 0.6) is 0 Å². The van der Waals surface area contributed by atoms with Gasteiger partial charge in [-0.25, -0.2) is 4.68 Å². The summed E-state index contributed by atoms with van der Waals surface area (Å²) in [5.41, 5.74) is 5.49. The van der Waals surface area contributed by atoms with Crippen molar-refractivity contribution in [1.82, 2.24) is 4.68 Å². The topological polar surface area (TPSA) is 51.1 Å². The summed E-state index contributed by atoms with van der Waals surface area (Å²) in [6.45, 7) is 5.55. The molecule has 4 nitrogen and oxygen atoms in total. The zero-order chi connectivity index (χ0) is 14.0. The number of hydrogen-bond donors (Lipinski definition) is 1. The van der Waals surface area contributed by atoms with Gasteiger partial charge in [0.15, 0.2) is 0 Å². The normalized spacial score (nSPS) is 10.3. The van der Waals surface area contributed by atoms with Crippen molar-refractivity contribution in [3.05, 3.63) is 69.1 Å². The highest BCUT2D eigenvalue weighted by Gasteiger charge is 2.08. The number of nitrogens with one attached hydrogen (secondary N) is 1. The molecular formula is C15H16N2O2. The third-order valence-corrected chi connectivity index (χ3v) is 2.85. The largest absolute Gasteiger partial charge is 0.270 e. The van der Waals surface area contributed by atoms with Crippen molar-refractivity contribution >= 4 is 5.91 Å². The number of aromatic nitrogens is 1. The number of nitrogens with zero attached hydrogens (tertiary/aromatic N) is 1. The molecule has 0 saturated heterocycles. The van der Waals surface area contributed by atoms with Crippen molar-refractivity contribution in [2.24, 2.45) is 0 Å². The zero-order valence-electron chi connectivity index (χ0n) is 11.2. The zero-order valence-corrected chi connectivity index (χ0v) is 11.2. The Morgan fingerprint density at radius 1 is 1.05 bits per heavy atom. The molecule has 1 amide bonds. The van der Waals surface area contributed by atoms with Gasteiger partial charge in [0.25, 0.3) is 11.5 Å². The Morgan fingerprint density at radius 3 is 2.42 bits per heavy atom. The summed E-state index contributed by atoms with van der Waals surface area (Å²) in [4.78, 5) is 23.9. The molecule has 0 radical (unpaired) electrons. The van der Waals surface area contributed by atoms with Gasteiger partial charge in [0.1, 0.15) is 0 Å². The molecule has 98 valence electrons. The van der Waals surface area contributed by atoms with Crippen LogP contribution in [-0.2, 0) is 0 Å². The molecule has 0 fully saturated rings. The lowest BCUT2D eigenvalue weighted by molar-refractivity contribution is 0.101. The Hall–Kier alpha value is -2.36. The molecule has 0 aliphatic heterocycles. The maximum Gasteiger partial charge on any atom is 0.270 e. The minimum absolute atomic E-state index is 0.237. The third kappa shape index (κ3) is 2.91. The van der Waals surface area contributed by atoms with E-state index in [-0.39, 0.29) is 11.5 Å². The first-order chi connectivity index (χ1) is 8.97. The van der Waals surface area contributed by atoms with Crippen LogP contribution in [0.4, 0.5) is 0 Å². The highest BCUT2D eigenvalue weighted by molar-refractivity contribution is 6.00. The Morgan fingerprint density at radius 2 is 1.79 bits per heavy atom. The molecule has 19 heavy (non-hydrogen) atoms. The van der Waals surface area contributed by atoms with Crippen molar-refractivity contribution < 1.29 is 4.79 Å². The van der Waals surface area contributed by atoms with E-state index in [2.05, 4.69) is 5.43 Å². The fraction of sp³-hybridized carbons (Fsp3) is 0.200. The van der Waals surface area contributed by atoms with Gasteiger partial charge >= 0.3 is 0 Å². The summed E-state index contributed by atoms with van der Waals surface area (Å²) in [6, 6.07) is 10.6. The lowest BCUT2D eigenvalue weighted by atomic mass is 10.1. The Labute approximate surface area is 111 Å². The van der Waals surface area contributed by atoms with Crippen LogP contribution in [0.1, 0.15) is 27.2 Å². The first-order valence-corrected chi connectivity index (χ1v) is 6.06. The molecule has 0 aliphatic carbocycles. The van der Waals surface area contributed by atoms with Crippen LogP contribution in [0.3, 0.4) is 0 Å². The Bertz CT molecular complexity index is 687. The highest BCUT2D eigenvalue weighted by Crippen LogP contribution is 2.05. The van der Waals surface area contributed by atoms with Gasteiger partial charge in [0, 0.05) is 17.3 Å². The Kier molecular flexibility index (Phi) is 3.51. The standard InChI is InChI=1S/C15H16N2O2/c1-10-5-4-6-13(8-10)15(19)16-17-12(3)7-11(2)9-14(17)18/h4-9H,1-3H3,(H,16,19). The summed E-state index contributed by atoms with van der Waals surface area (Å²) in [5.74, 6) is -0.294. The average molecular weight is 256 g/mol. The van der Waals surface area contributed by atoms with Gasteiger partial charge in [-0.15, -0.1) is 0 Å². The molecular weight excluding hydrogens is 240 g/mol. The van der Waals surface area contributed by atoms with Gasteiger partial charge in [-0.3, -0.25) is 15.0 Å². The van der Waals surface area contributed by atoms with Crippen LogP contribution < -0.4 is 11.0 Å². The molecule has 1 N–H and O–H groups in total. The molecule has 1 aromatic carbocycles. The van der Waals surface area contributed by atoms with Crippen molar-refractivity contribution in [3.63, 3.8) is 0 Å². The molecule has 2 rings (SSSR count). The second kappa shape index (κ2) is 5.10. The number of carbonyl (C=O) groups is 1. The van der Waals surface area contributed by atoms with Crippen LogP contribution >= 0.6 is 0 Å². The summed E-state index contributed by atoms with van der Waals surface area (Å²) in [7, 11) is 0. The molecule has 4 heteroatoms. The molecule has 0 atom stereocenters. The number of benzene rings is 1. The molecule has 0 unspecified atom stereocenters. The third-order valence-electron chi connectivity index (χ3n) is 2.85. The highest BCUT2D eigenvalue weighted by atomic mass is 16.2. The molecule has 0 bridgehead atoms. The van der Waals surface area contributed by atoms with E-state index in [0.29, 0.717) is 11.3 Å². The number of carbonyl (C=O) groups excluding carboxylic acids is 1. The fourth-order valence-electron chi connectivity index (χ4n) is 1.96. The first kappa shape index (κ1) is 13.1. The van der Waals surface area contributed by atoms with E-state index >= 15 is 0 Å². The number of pyridine rings is 1. The average Bonchev–Trinajstić information content (AvgIpc) is 2.33. The maximum absolute atomic E-state index is 12.1. The van der Waals surface area contributed by atoms with Crippen LogP contribution in [0, 0.1) is 20.8 Å². The SMILES string of the molecule is Cc1cccc(C(=O)Nn2c(C)cc(C)cc2=O)c1. The van der Waals surface area contributed by atoms with E-state index in [4.69, 9.17) is 0 Å². The van der Waals surface area contributed by atoms with Crippen LogP contribution in [-0.4, -0.2) is 10.6 Å². The molecule has 0 spiro atoms. The summed E-state index contributed by atoms with van der Waals surface area (Å²) in [6.07, 6.45) is 0. The van der Waals surface area contributed by atoms with Gasteiger partial charge < -0.3 is 0 Å². The van der Waals surface area contributed by atoms with Crippen molar-refractivity contribution in [1.29, 1.82) is 0 Å². The van der Waals surface area contributed by atoms with Crippen molar-refractivity contribution in [3.8, 4) is 0 Å². The van der Waals surface area contributed by atoms with Crippen LogP contribution in [0.2, 0.25) is 0 Å². The first-order valence-electron chi connectivity index (χ1n) is 6.06. The molecule has 0 saturated carbocycles. The van der Waals surface area contributed by atoms with E-state index in [1.807, 2.05) is 32.0 Å². The number of rotatable bonds is 2. The van der Waals surface area contributed by atoms with Gasteiger partial charge in [0.2, 0.25) is 0 Å². The van der Waals surface area contributed by atoms with Gasteiger partial charge in [-0.05, 0) is 44.5 Å². The smallest absolute Gasteiger partial charge is 0.267 e. The monoisotopic (exact) mass is 256 g/mol. The van der Waals surface area contributed by atoms with E-state index in [0.717, 1.165) is 11.1 Å². The van der Waals surface area contributed by atoms with E-state index in [1.165, 1.54) is 10.7 Å². The van der Waals surface area contributed by atoms with Gasteiger partial charge in [-0.1, -0.05) is 17.7 Å². The van der Waals surface area contributed by atoms with Gasteiger partial charge in [0.05, 0.1) is 0 Å². The molecule has 2 aromatic rings. The molecule has 1 aromatic heterocycles. The predicted octanol–water partition coefficient (Wildman–Crippen LogP) is 2.16. The van der Waals surface area contributed by atoms with E-state index in [1.54, 1.807) is 19.1 Å². The van der Waals surface area contributed by atoms with Crippen molar-refractivity contribution in [2.75, 3.05) is 5.43 Å². The number of aryl methyl sites for hydroxylation is 3. The van der Waals surface area contributed by atoms with Crippen molar-refractivity contribution in [2.45, 2.75) is 20.8 Å². The van der Waals surface area contributed by atoms with E-state index in [9.17, 15) is 9.59 Å². The quantitative estimate of drug-likeness (QED) is 0.895. The minimum Gasteiger partial charge on any atom is -0.267 e. The predicted molar refractivity (Wildman–Crippen MR) is 75.0 cm³/mol. The summed E-state index contributed by atoms with van der Waals surface area (Å²) in [5, 5.41) is 0. The maximum atomic E-state index is 12.1.